The molecule has 0 saturated carbocycles. The van der Waals surface area contributed by atoms with Crippen molar-refractivity contribution in [3.05, 3.63) is 24.3 Å². The molecule has 1 aromatic carbocycles. The van der Waals surface area contributed by atoms with E-state index in [9.17, 15) is 4.79 Å². The van der Waals surface area contributed by atoms with Gasteiger partial charge in [0.25, 0.3) is 0 Å². The van der Waals surface area contributed by atoms with Crippen LogP contribution < -0.4 is 15.1 Å². The van der Waals surface area contributed by atoms with Crippen LogP contribution in [0.5, 0.6) is 0 Å². The molecule has 0 unspecified atom stereocenters. The first kappa shape index (κ1) is 18.4. The number of nitrogens with zero attached hydrogens (tertiary/aromatic N) is 3. The SMILES string of the molecule is CCN(CC)c1ccc(N2CCN(C(=O)NCC(C)C)CC2)cc1. The average Bonchev–Trinajstić information content (AvgIpc) is 2.61. The molecule has 1 fully saturated rings. The monoisotopic (exact) mass is 332 g/mol. The van der Waals surface area contributed by atoms with E-state index in [1.807, 2.05) is 4.90 Å². The summed E-state index contributed by atoms with van der Waals surface area (Å²) >= 11 is 0. The second-order valence-corrected chi connectivity index (χ2v) is 6.74. The van der Waals surface area contributed by atoms with Gasteiger partial charge in [-0.05, 0) is 44.0 Å². The fraction of sp³-hybridized carbons (Fsp3) is 0.632. The third-order valence-corrected chi connectivity index (χ3v) is 4.57. The van der Waals surface area contributed by atoms with E-state index in [-0.39, 0.29) is 6.03 Å². The number of nitrogens with one attached hydrogen (secondary N) is 1. The van der Waals surface area contributed by atoms with E-state index in [0.29, 0.717) is 5.92 Å². The smallest absolute Gasteiger partial charge is 0.317 e. The number of rotatable bonds is 6. The van der Waals surface area contributed by atoms with E-state index in [0.717, 1.165) is 45.8 Å². The van der Waals surface area contributed by atoms with Crippen LogP contribution in [0.15, 0.2) is 24.3 Å². The first-order chi connectivity index (χ1) is 11.5. The summed E-state index contributed by atoms with van der Waals surface area (Å²) in [5, 5.41) is 3.00. The fourth-order valence-corrected chi connectivity index (χ4v) is 3.03. The molecule has 134 valence electrons. The first-order valence-electron chi connectivity index (χ1n) is 9.17. The zero-order valence-electron chi connectivity index (χ0n) is 15.6. The Morgan fingerprint density at radius 1 is 1.08 bits per heavy atom. The van der Waals surface area contributed by atoms with Gasteiger partial charge in [0.2, 0.25) is 0 Å². The number of hydrogen-bond acceptors (Lipinski definition) is 3. The molecule has 0 spiro atoms. The van der Waals surface area contributed by atoms with Gasteiger partial charge in [-0.15, -0.1) is 0 Å². The summed E-state index contributed by atoms with van der Waals surface area (Å²) in [7, 11) is 0. The molecular weight excluding hydrogens is 300 g/mol. The van der Waals surface area contributed by atoms with E-state index in [2.05, 4.69) is 67.1 Å². The largest absolute Gasteiger partial charge is 0.372 e. The van der Waals surface area contributed by atoms with Crippen LogP contribution in [-0.4, -0.2) is 56.7 Å². The molecule has 2 amide bonds. The zero-order valence-corrected chi connectivity index (χ0v) is 15.6. The highest BCUT2D eigenvalue weighted by molar-refractivity contribution is 5.74. The molecule has 1 heterocycles. The second kappa shape index (κ2) is 8.81. The maximum absolute atomic E-state index is 12.1. The van der Waals surface area contributed by atoms with Crippen molar-refractivity contribution in [1.29, 1.82) is 0 Å². The minimum Gasteiger partial charge on any atom is -0.372 e. The van der Waals surface area contributed by atoms with Crippen LogP contribution in [0.1, 0.15) is 27.7 Å². The van der Waals surface area contributed by atoms with Crippen LogP contribution in [-0.2, 0) is 0 Å². The number of benzene rings is 1. The number of anilines is 2. The zero-order chi connectivity index (χ0) is 17.5. The van der Waals surface area contributed by atoms with Crippen LogP contribution in [0, 0.1) is 5.92 Å². The topological polar surface area (TPSA) is 38.8 Å². The highest BCUT2D eigenvalue weighted by Crippen LogP contribution is 2.21. The molecule has 5 heteroatoms. The summed E-state index contributed by atoms with van der Waals surface area (Å²) < 4.78 is 0. The summed E-state index contributed by atoms with van der Waals surface area (Å²) in [4.78, 5) is 18.7. The summed E-state index contributed by atoms with van der Waals surface area (Å²) in [6.07, 6.45) is 0. The molecule has 0 atom stereocenters. The number of carbonyl (C=O) groups is 1. The number of hydrogen-bond donors (Lipinski definition) is 1. The Hall–Kier alpha value is -1.91. The highest BCUT2D eigenvalue weighted by Gasteiger charge is 2.21. The van der Waals surface area contributed by atoms with Gasteiger partial charge in [-0.1, -0.05) is 13.8 Å². The first-order valence-corrected chi connectivity index (χ1v) is 9.17. The summed E-state index contributed by atoms with van der Waals surface area (Å²) in [5.41, 5.74) is 2.52. The predicted octanol–water partition coefficient (Wildman–Crippen LogP) is 3.02. The maximum Gasteiger partial charge on any atom is 0.317 e. The van der Waals surface area contributed by atoms with Gasteiger partial charge in [-0.2, -0.15) is 0 Å². The van der Waals surface area contributed by atoms with Crippen molar-refractivity contribution in [1.82, 2.24) is 10.2 Å². The highest BCUT2D eigenvalue weighted by atomic mass is 16.2. The quantitative estimate of drug-likeness (QED) is 0.870. The molecule has 1 aliphatic heterocycles. The van der Waals surface area contributed by atoms with E-state index < -0.39 is 0 Å². The van der Waals surface area contributed by atoms with Crippen LogP contribution >= 0.6 is 0 Å². The normalized spacial score (nSPS) is 14.9. The Kier molecular flexibility index (Phi) is 6.76. The van der Waals surface area contributed by atoms with E-state index in [1.165, 1.54) is 11.4 Å². The lowest BCUT2D eigenvalue weighted by atomic mass is 10.2. The molecule has 1 N–H and O–H groups in total. The van der Waals surface area contributed by atoms with Crippen molar-refractivity contribution < 1.29 is 4.79 Å². The van der Waals surface area contributed by atoms with Crippen LogP contribution in [0.25, 0.3) is 0 Å². The Bertz CT molecular complexity index is 503. The van der Waals surface area contributed by atoms with Gasteiger partial charge in [0.05, 0.1) is 0 Å². The standard InChI is InChI=1S/C19H32N4O/c1-5-21(6-2)17-7-9-18(10-8-17)22-11-13-23(14-12-22)19(24)20-15-16(3)4/h7-10,16H,5-6,11-15H2,1-4H3,(H,20,24). The Labute approximate surface area is 146 Å². The second-order valence-electron chi connectivity index (χ2n) is 6.74. The molecule has 5 nitrogen and oxygen atoms in total. The molecule has 0 radical (unpaired) electrons. The van der Waals surface area contributed by atoms with Gasteiger partial charge in [-0.25, -0.2) is 4.79 Å². The van der Waals surface area contributed by atoms with Gasteiger partial charge in [0, 0.05) is 57.2 Å². The van der Waals surface area contributed by atoms with Gasteiger partial charge in [-0.3, -0.25) is 0 Å². The minimum atomic E-state index is 0.0697. The molecule has 0 aliphatic carbocycles. The fourth-order valence-electron chi connectivity index (χ4n) is 3.03. The Morgan fingerprint density at radius 2 is 1.67 bits per heavy atom. The van der Waals surface area contributed by atoms with Gasteiger partial charge in [0.15, 0.2) is 0 Å². The summed E-state index contributed by atoms with van der Waals surface area (Å²) in [6, 6.07) is 8.86. The van der Waals surface area contributed by atoms with E-state index >= 15 is 0 Å². The van der Waals surface area contributed by atoms with Gasteiger partial charge in [0.1, 0.15) is 0 Å². The van der Waals surface area contributed by atoms with E-state index in [1.54, 1.807) is 0 Å². The molecule has 1 saturated heterocycles. The maximum atomic E-state index is 12.1. The van der Waals surface area contributed by atoms with Crippen LogP contribution in [0.2, 0.25) is 0 Å². The minimum absolute atomic E-state index is 0.0697. The Morgan fingerprint density at radius 3 is 2.17 bits per heavy atom. The molecule has 2 rings (SSSR count). The third kappa shape index (κ3) is 4.79. The van der Waals surface area contributed by atoms with Crippen molar-refractivity contribution in [2.75, 3.05) is 55.6 Å². The van der Waals surface area contributed by atoms with Crippen molar-refractivity contribution in [3.8, 4) is 0 Å². The number of piperazine rings is 1. The van der Waals surface area contributed by atoms with Crippen molar-refractivity contribution in [2.45, 2.75) is 27.7 Å². The number of urea groups is 1. The van der Waals surface area contributed by atoms with Gasteiger partial charge >= 0.3 is 6.03 Å². The molecule has 1 aromatic rings. The molecule has 1 aliphatic rings. The lowest BCUT2D eigenvalue weighted by Crippen LogP contribution is -2.52. The lowest BCUT2D eigenvalue weighted by Gasteiger charge is -2.36. The Balaban J connectivity index is 1.87. The number of carbonyl (C=O) groups excluding carboxylic acids is 1. The van der Waals surface area contributed by atoms with Crippen molar-refractivity contribution >= 4 is 17.4 Å². The number of amides is 2. The average molecular weight is 332 g/mol. The molecular formula is C19H32N4O. The lowest BCUT2D eigenvalue weighted by molar-refractivity contribution is 0.193. The van der Waals surface area contributed by atoms with Crippen molar-refractivity contribution in [2.24, 2.45) is 5.92 Å². The summed E-state index contributed by atoms with van der Waals surface area (Å²) in [5.74, 6) is 0.486. The third-order valence-electron chi connectivity index (χ3n) is 4.57. The van der Waals surface area contributed by atoms with Crippen LogP contribution in [0.4, 0.5) is 16.2 Å². The van der Waals surface area contributed by atoms with Gasteiger partial charge < -0.3 is 20.0 Å². The molecule has 0 bridgehead atoms. The van der Waals surface area contributed by atoms with Crippen LogP contribution in [0.3, 0.4) is 0 Å². The molecule has 0 aromatic heterocycles. The molecule has 24 heavy (non-hydrogen) atoms. The predicted molar refractivity (Wildman–Crippen MR) is 102 cm³/mol. The summed E-state index contributed by atoms with van der Waals surface area (Å²) in [6.45, 7) is 14.7. The van der Waals surface area contributed by atoms with E-state index in [4.69, 9.17) is 0 Å². The van der Waals surface area contributed by atoms with Crippen molar-refractivity contribution in [3.63, 3.8) is 0 Å².